The van der Waals surface area contributed by atoms with Crippen LogP contribution in [0.1, 0.15) is 24.3 Å². The monoisotopic (exact) mass is 426 g/mol. The summed E-state index contributed by atoms with van der Waals surface area (Å²) in [6.45, 7) is 1.42. The molecule has 3 aromatic heterocycles. The summed E-state index contributed by atoms with van der Waals surface area (Å²) in [6, 6.07) is 10.4. The lowest BCUT2D eigenvalue weighted by Crippen LogP contribution is -2.07. The van der Waals surface area contributed by atoms with Crippen LogP contribution in [-0.4, -0.2) is 36.2 Å². The first-order valence-corrected chi connectivity index (χ1v) is 9.75. The van der Waals surface area contributed by atoms with Gasteiger partial charge in [0.1, 0.15) is 23.3 Å². The van der Waals surface area contributed by atoms with Gasteiger partial charge in [0.05, 0.1) is 10.6 Å². The molecule has 0 fully saturated rings. The quantitative estimate of drug-likeness (QED) is 0.448. The fourth-order valence-corrected chi connectivity index (χ4v) is 3.91. The van der Waals surface area contributed by atoms with E-state index in [-0.39, 0.29) is 5.91 Å². The van der Waals surface area contributed by atoms with Gasteiger partial charge < -0.3 is 15.4 Å². The van der Waals surface area contributed by atoms with Gasteiger partial charge >= 0.3 is 0 Å². The molecule has 4 aromatic rings. The molecule has 0 radical (unpaired) electrons. The second kappa shape index (κ2) is 8.08. The molecule has 1 atom stereocenters. The molecule has 0 spiro atoms. The Bertz CT molecular complexity index is 1140. The number of pyridine rings is 1. The van der Waals surface area contributed by atoms with Crippen LogP contribution < -0.4 is 5.32 Å². The van der Waals surface area contributed by atoms with Gasteiger partial charge in [0.2, 0.25) is 5.91 Å². The number of thiazole rings is 1. The Labute approximate surface area is 174 Å². The molecule has 3 N–H and O–H groups in total. The van der Waals surface area contributed by atoms with Crippen molar-refractivity contribution in [1.82, 2.24) is 25.1 Å². The van der Waals surface area contributed by atoms with Gasteiger partial charge in [-0.2, -0.15) is 0 Å². The van der Waals surface area contributed by atoms with Gasteiger partial charge in [0.15, 0.2) is 5.82 Å². The van der Waals surface area contributed by atoms with Crippen molar-refractivity contribution in [1.29, 1.82) is 0 Å². The summed E-state index contributed by atoms with van der Waals surface area (Å²) >= 11 is 7.31. The Morgan fingerprint density at radius 1 is 1.28 bits per heavy atom. The van der Waals surface area contributed by atoms with E-state index in [1.807, 2.05) is 0 Å². The predicted molar refractivity (Wildman–Crippen MR) is 111 cm³/mol. The number of amides is 1. The van der Waals surface area contributed by atoms with Crippen molar-refractivity contribution in [2.75, 3.05) is 5.32 Å². The molecule has 0 aliphatic rings. The Balaban J connectivity index is 1.78. The van der Waals surface area contributed by atoms with E-state index in [0.29, 0.717) is 37.8 Å². The highest BCUT2D eigenvalue weighted by Crippen LogP contribution is 2.38. The first-order chi connectivity index (χ1) is 14.0. The van der Waals surface area contributed by atoms with Crippen LogP contribution in [0.3, 0.4) is 0 Å². The van der Waals surface area contributed by atoms with Gasteiger partial charge in [-0.05, 0) is 29.8 Å². The number of aromatic nitrogens is 5. The van der Waals surface area contributed by atoms with Crippen molar-refractivity contribution in [2.45, 2.75) is 13.0 Å². The first-order valence-electron chi connectivity index (χ1n) is 8.56. The van der Waals surface area contributed by atoms with Gasteiger partial charge in [-0.3, -0.25) is 4.79 Å². The van der Waals surface area contributed by atoms with Crippen LogP contribution in [-0.2, 0) is 4.79 Å². The topological polar surface area (TPSA) is 117 Å². The lowest BCUT2D eigenvalue weighted by molar-refractivity contribution is -0.114. The number of nitrogens with zero attached hydrogens (tertiary/aromatic N) is 4. The minimum absolute atomic E-state index is 0.213. The summed E-state index contributed by atoms with van der Waals surface area (Å²) < 4.78 is 0. The Hall–Kier alpha value is -3.14. The number of carbonyl (C=O) groups is 1. The molecule has 3 heterocycles. The van der Waals surface area contributed by atoms with Crippen molar-refractivity contribution in [3.05, 3.63) is 65.2 Å². The van der Waals surface area contributed by atoms with Crippen LogP contribution in [0.15, 0.2) is 48.9 Å². The number of carbonyl (C=O) groups excluding carboxylic acids is 1. The normalized spacial score (nSPS) is 12.0. The third-order valence-corrected chi connectivity index (χ3v) is 5.42. The van der Waals surface area contributed by atoms with Crippen molar-refractivity contribution in [3.8, 4) is 21.3 Å². The molecule has 1 unspecified atom stereocenters. The second-order valence-corrected chi connectivity index (χ2v) is 7.57. The van der Waals surface area contributed by atoms with E-state index in [2.05, 4.69) is 30.5 Å². The Morgan fingerprint density at radius 2 is 2.07 bits per heavy atom. The van der Waals surface area contributed by atoms with Gasteiger partial charge in [0.25, 0.3) is 0 Å². The molecule has 8 nitrogen and oxygen atoms in total. The number of aliphatic hydroxyl groups excluding tert-OH is 1. The van der Waals surface area contributed by atoms with Gasteiger partial charge in [0, 0.05) is 23.7 Å². The highest BCUT2D eigenvalue weighted by Gasteiger charge is 2.24. The minimum Gasteiger partial charge on any atom is -0.382 e. The van der Waals surface area contributed by atoms with Gasteiger partial charge in [-0.1, -0.05) is 23.7 Å². The zero-order chi connectivity index (χ0) is 20.4. The number of aliphatic hydroxyl groups is 1. The number of hydrogen-bond donors (Lipinski definition) is 3. The zero-order valence-electron chi connectivity index (χ0n) is 15.1. The molecule has 146 valence electrons. The number of halogens is 1. The fraction of sp³-hybridized carbons (Fsp3) is 0.105. The van der Waals surface area contributed by atoms with Gasteiger partial charge in [-0.25, -0.2) is 9.97 Å². The molecular formula is C19H15ClN6O2S. The second-order valence-electron chi connectivity index (χ2n) is 6.14. The van der Waals surface area contributed by atoms with E-state index >= 15 is 0 Å². The van der Waals surface area contributed by atoms with Crippen LogP contribution in [0.5, 0.6) is 0 Å². The zero-order valence-corrected chi connectivity index (χ0v) is 16.7. The minimum atomic E-state index is -0.978. The molecule has 29 heavy (non-hydrogen) atoms. The van der Waals surface area contributed by atoms with Crippen LogP contribution >= 0.6 is 22.9 Å². The number of aromatic amines is 1. The molecule has 10 heteroatoms. The molecule has 0 bridgehead atoms. The fourth-order valence-electron chi connectivity index (χ4n) is 2.74. The van der Waals surface area contributed by atoms with E-state index in [1.54, 1.807) is 42.6 Å². The van der Waals surface area contributed by atoms with Crippen molar-refractivity contribution < 1.29 is 9.90 Å². The third-order valence-electron chi connectivity index (χ3n) is 4.04. The predicted octanol–water partition coefficient (Wildman–Crippen LogP) is 3.68. The molecule has 1 amide bonds. The first kappa shape index (κ1) is 19.2. The summed E-state index contributed by atoms with van der Waals surface area (Å²) in [5, 5.41) is 22.7. The molecule has 0 aliphatic carbocycles. The van der Waals surface area contributed by atoms with Crippen molar-refractivity contribution in [3.63, 3.8) is 0 Å². The van der Waals surface area contributed by atoms with E-state index in [9.17, 15) is 9.90 Å². The molecule has 4 rings (SSSR count). The number of anilines is 1. The maximum atomic E-state index is 11.3. The molecule has 0 saturated carbocycles. The lowest BCUT2D eigenvalue weighted by atomic mass is 10.1. The van der Waals surface area contributed by atoms with E-state index < -0.39 is 6.10 Å². The maximum Gasteiger partial charge on any atom is 0.222 e. The highest BCUT2D eigenvalue weighted by molar-refractivity contribution is 7.18. The van der Waals surface area contributed by atoms with Crippen molar-refractivity contribution >= 4 is 34.7 Å². The highest BCUT2D eigenvalue weighted by atomic mass is 35.5. The lowest BCUT2D eigenvalue weighted by Gasteiger charge is -2.10. The Morgan fingerprint density at radius 3 is 2.76 bits per heavy atom. The van der Waals surface area contributed by atoms with E-state index in [1.165, 1.54) is 24.6 Å². The molecule has 1 aromatic carbocycles. The van der Waals surface area contributed by atoms with Crippen LogP contribution in [0.25, 0.3) is 21.3 Å². The van der Waals surface area contributed by atoms with Crippen LogP contribution in [0.2, 0.25) is 5.02 Å². The average Bonchev–Trinajstić information content (AvgIpc) is 3.37. The number of rotatable bonds is 5. The van der Waals surface area contributed by atoms with Gasteiger partial charge in [-0.15, -0.1) is 21.5 Å². The SMILES string of the molecule is CC(=O)Nc1cc(-c2nc(C(O)c3ccc(Cl)cc3)c(-c3nnc[nH]3)s2)ccn1. The summed E-state index contributed by atoms with van der Waals surface area (Å²) in [5.41, 5.74) is 1.85. The average molecular weight is 427 g/mol. The molecule has 0 aliphatic heterocycles. The third kappa shape index (κ3) is 4.16. The summed E-state index contributed by atoms with van der Waals surface area (Å²) in [6.07, 6.45) is 2.08. The number of hydrogen-bond acceptors (Lipinski definition) is 7. The number of H-pyrrole nitrogens is 1. The molecule has 0 saturated heterocycles. The summed E-state index contributed by atoms with van der Waals surface area (Å²) in [5.74, 6) is 0.717. The largest absolute Gasteiger partial charge is 0.382 e. The number of benzene rings is 1. The van der Waals surface area contributed by atoms with Crippen LogP contribution in [0, 0.1) is 0 Å². The summed E-state index contributed by atoms with van der Waals surface area (Å²) in [4.78, 5) is 23.7. The Kier molecular flexibility index (Phi) is 5.34. The molecular weight excluding hydrogens is 412 g/mol. The van der Waals surface area contributed by atoms with Crippen molar-refractivity contribution in [2.24, 2.45) is 0 Å². The summed E-state index contributed by atoms with van der Waals surface area (Å²) in [7, 11) is 0. The maximum absolute atomic E-state index is 11.3. The smallest absolute Gasteiger partial charge is 0.222 e. The van der Waals surface area contributed by atoms with E-state index in [4.69, 9.17) is 11.6 Å². The van der Waals surface area contributed by atoms with Crippen LogP contribution in [0.4, 0.5) is 5.82 Å². The number of nitrogens with one attached hydrogen (secondary N) is 2. The standard InChI is InChI=1S/C19H15ClN6O2S/c1-10(27)24-14-8-12(6-7-21-14)19-25-15(17(29-19)18-22-9-23-26-18)16(28)11-2-4-13(20)5-3-11/h2-9,16,28H,1H3,(H,21,24,27)(H,22,23,26). The van der Waals surface area contributed by atoms with E-state index in [0.717, 1.165) is 5.56 Å².